The van der Waals surface area contributed by atoms with Crippen molar-refractivity contribution in [3.8, 4) is 5.69 Å². The third kappa shape index (κ3) is 4.04. The van der Waals surface area contributed by atoms with Crippen LogP contribution in [0.5, 0.6) is 0 Å². The van der Waals surface area contributed by atoms with Crippen molar-refractivity contribution in [1.29, 1.82) is 0 Å². The SMILES string of the molecule is COC(=O)c1cc(C(=O)NO[C@H]2CCCCO2)n(-c2ccccc2)n1. The van der Waals surface area contributed by atoms with Gasteiger partial charge in [0.1, 0.15) is 5.69 Å². The number of aromatic nitrogens is 2. The number of nitrogens with zero attached hydrogens (tertiary/aromatic N) is 2. The van der Waals surface area contributed by atoms with E-state index in [0.717, 1.165) is 12.8 Å². The molecule has 3 rings (SSSR count). The Labute approximate surface area is 144 Å². The van der Waals surface area contributed by atoms with Crippen molar-refractivity contribution in [2.75, 3.05) is 13.7 Å². The smallest absolute Gasteiger partial charge is 0.358 e. The summed E-state index contributed by atoms with van der Waals surface area (Å²) in [5, 5.41) is 4.16. The highest BCUT2D eigenvalue weighted by Gasteiger charge is 2.22. The molecule has 8 nitrogen and oxygen atoms in total. The van der Waals surface area contributed by atoms with E-state index >= 15 is 0 Å². The van der Waals surface area contributed by atoms with Gasteiger partial charge in [-0.2, -0.15) is 5.10 Å². The van der Waals surface area contributed by atoms with Gasteiger partial charge in [-0.1, -0.05) is 18.2 Å². The van der Waals surface area contributed by atoms with E-state index in [-0.39, 0.29) is 11.4 Å². The number of benzene rings is 1. The number of hydroxylamine groups is 1. The highest BCUT2D eigenvalue weighted by molar-refractivity contribution is 5.96. The first-order valence-corrected chi connectivity index (χ1v) is 8.00. The Morgan fingerprint density at radius 1 is 1.28 bits per heavy atom. The number of para-hydroxylation sites is 1. The lowest BCUT2D eigenvalue weighted by molar-refractivity contribution is -0.186. The molecule has 1 saturated heterocycles. The quantitative estimate of drug-likeness (QED) is 0.657. The Balaban J connectivity index is 1.81. The lowest BCUT2D eigenvalue weighted by Crippen LogP contribution is -2.34. The molecule has 132 valence electrons. The van der Waals surface area contributed by atoms with E-state index in [2.05, 4.69) is 15.3 Å². The van der Waals surface area contributed by atoms with E-state index in [1.165, 1.54) is 17.9 Å². The molecule has 25 heavy (non-hydrogen) atoms. The predicted molar refractivity (Wildman–Crippen MR) is 87.0 cm³/mol. The van der Waals surface area contributed by atoms with Gasteiger partial charge in [-0.05, 0) is 25.0 Å². The maximum Gasteiger partial charge on any atom is 0.358 e. The van der Waals surface area contributed by atoms with Crippen molar-refractivity contribution in [3.05, 3.63) is 47.8 Å². The Bertz CT molecular complexity index is 738. The van der Waals surface area contributed by atoms with Crippen LogP contribution >= 0.6 is 0 Å². The lowest BCUT2D eigenvalue weighted by Gasteiger charge is -2.22. The molecule has 0 saturated carbocycles. The molecule has 1 amide bonds. The van der Waals surface area contributed by atoms with Gasteiger partial charge in [0.05, 0.1) is 12.8 Å². The van der Waals surface area contributed by atoms with E-state index in [9.17, 15) is 9.59 Å². The monoisotopic (exact) mass is 345 g/mol. The zero-order valence-corrected chi connectivity index (χ0v) is 13.8. The minimum atomic E-state index is -0.625. The second kappa shape index (κ2) is 7.91. The number of ether oxygens (including phenoxy) is 2. The molecule has 8 heteroatoms. The second-order valence-corrected chi connectivity index (χ2v) is 5.50. The van der Waals surface area contributed by atoms with Gasteiger partial charge in [-0.25, -0.2) is 19.8 Å². The van der Waals surface area contributed by atoms with Gasteiger partial charge in [0.15, 0.2) is 12.0 Å². The maximum atomic E-state index is 12.5. The first-order chi connectivity index (χ1) is 12.2. The van der Waals surface area contributed by atoms with E-state index in [0.29, 0.717) is 18.7 Å². The molecule has 1 aromatic carbocycles. The van der Waals surface area contributed by atoms with Gasteiger partial charge >= 0.3 is 5.97 Å². The molecule has 0 bridgehead atoms. The molecule has 1 fully saturated rings. The fourth-order valence-corrected chi connectivity index (χ4v) is 2.49. The zero-order chi connectivity index (χ0) is 17.6. The summed E-state index contributed by atoms with van der Waals surface area (Å²) < 4.78 is 11.5. The Hall–Kier alpha value is -2.71. The van der Waals surface area contributed by atoms with Crippen LogP contribution in [0.4, 0.5) is 0 Å². The highest BCUT2D eigenvalue weighted by Crippen LogP contribution is 2.15. The molecule has 0 aliphatic carbocycles. The molecule has 1 aromatic heterocycles. The highest BCUT2D eigenvalue weighted by atomic mass is 16.8. The molecule has 1 aliphatic rings. The van der Waals surface area contributed by atoms with Crippen LogP contribution in [0.3, 0.4) is 0 Å². The molecule has 1 atom stereocenters. The number of rotatable bonds is 5. The number of amides is 1. The van der Waals surface area contributed by atoms with Crippen molar-refractivity contribution < 1.29 is 23.9 Å². The number of hydrogen-bond acceptors (Lipinski definition) is 6. The first kappa shape index (κ1) is 17.1. The Morgan fingerprint density at radius 3 is 2.76 bits per heavy atom. The van der Waals surface area contributed by atoms with Crippen molar-refractivity contribution in [3.63, 3.8) is 0 Å². The van der Waals surface area contributed by atoms with Gasteiger partial charge in [0, 0.05) is 19.1 Å². The molecule has 2 heterocycles. The molecule has 0 radical (unpaired) electrons. The average molecular weight is 345 g/mol. The summed E-state index contributed by atoms with van der Waals surface area (Å²) in [5.41, 5.74) is 3.20. The van der Waals surface area contributed by atoms with Gasteiger partial charge in [-0.3, -0.25) is 4.79 Å². The molecule has 1 N–H and O–H groups in total. The number of hydrogen-bond donors (Lipinski definition) is 1. The van der Waals surface area contributed by atoms with Crippen LogP contribution in [-0.2, 0) is 14.3 Å². The Kier molecular flexibility index (Phi) is 5.42. The van der Waals surface area contributed by atoms with Gasteiger partial charge in [0.2, 0.25) is 0 Å². The largest absolute Gasteiger partial charge is 0.464 e. The summed E-state index contributed by atoms with van der Waals surface area (Å²) in [4.78, 5) is 29.6. The molecule has 1 aliphatic heterocycles. The predicted octanol–water partition coefficient (Wildman–Crippen LogP) is 1.85. The van der Waals surface area contributed by atoms with Crippen molar-refractivity contribution in [2.24, 2.45) is 0 Å². The lowest BCUT2D eigenvalue weighted by atomic mass is 10.2. The number of esters is 1. The third-order valence-corrected chi connectivity index (χ3v) is 3.76. The molecule has 0 unspecified atom stereocenters. The maximum absolute atomic E-state index is 12.5. The second-order valence-electron chi connectivity index (χ2n) is 5.50. The minimum Gasteiger partial charge on any atom is -0.464 e. The summed E-state index contributed by atoms with van der Waals surface area (Å²) in [7, 11) is 1.26. The third-order valence-electron chi connectivity index (χ3n) is 3.76. The molecular weight excluding hydrogens is 326 g/mol. The number of nitrogens with one attached hydrogen (secondary N) is 1. The summed E-state index contributed by atoms with van der Waals surface area (Å²) in [6, 6.07) is 10.4. The number of carbonyl (C=O) groups is 2. The number of methoxy groups -OCH3 is 1. The zero-order valence-electron chi connectivity index (χ0n) is 13.8. The summed E-state index contributed by atoms with van der Waals surface area (Å²) >= 11 is 0. The van der Waals surface area contributed by atoms with Gasteiger partial charge in [-0.15, -0.1) is 0 Å². The van der Waals surface area contributed by atoms with E-state index < -0.39 is 18.2 Å². The molecular formula is C17H19N3O5. The summed E-state index contributed by atoms with van der Waals surface area (Å²) in [6.45, 7) is 0.606. The van der Waals surface area contributed by atoms with Crippen molar-refractivity contribution in [1.82, 2.24) is 15.3 Å². The average Bonchev–Trinajstić information content (AvgIpc) is 3.12. The van der Waals surface area contributed by atoms with Crippen LogP contribution in [0.15, 0.2) is 36.4 Å². The van der Waals surface area contributed by atoms with E-state index in [4.69, 9.17) is 9.57 Å². The van der Waals surface area contributed by atoms with E-state index in [1.54, 1.807) is 12.1 Å². The minimum absolute atomic E-state index is 0.0328. The van der Waals surface area contributed by atoms with Crippen molar-refractivity contribution in [2.45, 2.75) is 25.6 Å². The summed E-state index contributed by atoms with van der Waals surface area (Å²) in [6.07, 6.45) is 2.21. The van der Waals surface area contributed by atoms with Crippen LogP contribution in [-0.4, -0.2) is 41.7 Å². The van der Waals surface area contributed by atoms with Crippen molar-refractivity contribution >= 4 is 11.9 Å². The van der Waals surface area contributed by atoms with Gasteiger partial charge < -0.3 is 9.47 Å². The van der Waals surface area contributed by atoms with Crippen LogP contribution in [0.25, 0.3) is 5.69 Å². The topological polar surface area (TPSA) is 91.7 Å². The fourth-order valence-electron chi connectivity index (χ4n) is 2.49. The van der Waals surface area contributed by atoms with Crippen LogP contribution in [0.1, 0.15) is 40.2 Å². The standard InChI is InChI=1S/C17H19N3O5/c1-23-17(22)13-11-14(20(18-13)12-7-3-2-4-8-12)16(21)19-25-15-9-5-6-10-24-15/h2-4,7-8,11,15H,5-6,9-10H2,1H3,(H,19,21)/t15-/m0/s1. The van der Waals surface area contributed by atoms with Crippen LogP contribution in [0.2, 0.25) is 0 Å². The van der Waals surface area contributed by atoms with Gasteiger partial charge in [0.25, 0.3) is 5.91 Å². The summed E-state index contributed by atoms with van der Waals surface area (Å²) in [5.74, 6) is -1.15. The normalized spacial score (nSPS) is 17.1. The number of carbonyl (C=O) groups excluding carboxylic acids is 2. The van der Waals surface area contributed by atoms with Crippen LogP contribution < -0.4 is 5.48 Å². The molecule has 2 aromatic rings. The Morgan fingerprint density at radius 2 is 2.08 bits per heavy atom. The fraction of sp³-hybridized carbons (Fsp3) is 0.353. The molecule has 0 spiro atoms. The first-order valence-electron chi connectivity index (χ1n) is 8.00. The van der Waals surface area contributed by atoms with E-state index in [1.807, 2.05) is 18.2 Å². The van der Waals surface area contributed by atoms with Crippen LogP contribution in [0, 0.1) is 0 Å².